The van der Waals surface area contributed by atoms with Crippen LogP contribution in [0.3, 0.4) is 0 Å². The first kappa shape index (κ1) is 14.3. The van der Waals surface area contributed by atoms with Gasteiger partial charge in [-0.15, -0.1) is 0 Å². The van der Waals surface area contributed by atoms with Crippen molar-refractivity contribution in [3.63, 3.8) is 0 Å². The Kier molecular flexibility index (Phi) is 3.42. The number of non-ortho nitro benzene ring substituents is 1. The maximum Gasteiger partial charge on any atom is 0.269 e. The average Bonchev–Trinajstić information content (AvgIpc) is 2.49. The topological polar surface area (TPSA) is 61.0 Å². The molecule has 0 amide bonds. The molecule has 0 aliphatic carbocycles. The van der Waals surface area contributed by atoms with Crippen LogP contribution in [0.2, 0.25) is 0 Å². The lowest BCUT2D eigenvalue weighted by molar-refractivity contribution is -0.384. The number of hydrogen-bond acceptors (Lipinski definition) is 4. The van der Waals surface area contributed by atoms with Crippen LogP contribution in [0.1, 0.15) is 5.82 Å². The SMILES string of the molecule is Cc1nc2ccc(F)cc2c(=S)n1-c1ccc([N+](=O)[O-])cc1. The largest absolute Gasteiger partial charge is 0.289 e. The van der Waals surface area contributed by atoms with Gasteiger partial charge in [0.05, 0.1) is 10.4 Å². The maximum atomic E-state index is 13.4. The highest BCUT2D eigenvalue weighted by Gasteiger charge is 2.10. The molecule has 7 heteroatoms. The second-order valence-electron chi connectivity index (χ2n) is 4.73. The third kappa shape index (κ3) is 2.35. The van der Waals surface area contributed by atoms with Crippen LogP contribution in [0, 0.1) is 27.5 Å². The molecule has 0 saturated heterocycles. The zero-order valence-corrected chi connectivity index (χ0v) is 12.3. The molecule has 0 aliphatic rings. The van der Waals surface area contributed by atoms with E-state index in [1.165, 1.54) is 24.3 Å². The molecule has 3 aromatic rings. The van der Waals surface area contributed by atoms with Crippen LogP contribution in [0.15, 0.2) is 42.5 Å². The predicted octanol–water partition coefficient (Wildman–Crippen LogP) is 4.11. The Morgan fingerprint density at radius 3 is 2.55 bits per heavy atom. The molecule has 0 unspecified atom stereocenters. The van der Waals surface area contributed by atoms with E-state index in [9.17, 15) is 14.5 Å². The van der Waals surface area contributed by atoms with E-state index < -0.39 is 4.92 Å². The predicted molar refractivity (Wildman–Crippen MR) is 83.3 cm³/mol. The lowest BCUT2D eigenvalue weighted by Crippen LogP contribution is -2.05. The molecule has 1 heterocycles. The van der Waals surface area contributed by atoms with E-state index in [-0.39, 0.29) is 11.5 Å². The summed E-state index contributed by atoms with van der Waals surface area (Å²) in [6.07, 6.45) is 0. The van der Waals surface area contributed by atoms with E-state index in [1.807, 2.05) is 0 Å². The summed E-state index contributed by atoms with van der Waals surface area (Å²) < 4.78 is 15.5. The Morgan fingerprint density at radius 1 is 1.23 bits per heavy atom. The minimum Gasteiger partial charge on any atom is -0.289 e. The number of nitro benzene ring substituents is 1. The summed E-state index contributed by atoms with van der Waals surface area (Å²) in [5.74, 6) is 0.234. The summed E-state index contributed by atoms with van der Waals surface area (Å²) in [5, 5.41) is 11.2. The van der Waals surface area contributed by atoms with Crippen LogP contribution < -0.4 is 0 Å². The molecular formula is C15H10FN3O2S. The second kappa shape index (κ2) is 5.27. The third-order valence-corrected chi connectivity index (χ3v) is 3.72. The maximum absolute atomic E-state index is 13.4. The number of benzene rings is 2. The van der Waals surface area contributed by atoms with Gasteiger partial charge in [0.2, 0.25) is 0 Å². The van der Waals surface area contributed by atoms with Crippen LogP contribution in [-0.4, -0.2) is 14.5 Å². The molecule has 1 aromatic heterocycles. The van der Waals surface area contributed by atoms with Crippen molar-refractivity contribution >= 4 is 28.8 Å². The van der Waals surface area contributed by atoms with Gasteiger partial charge < -0.3 is 0 Å². The molecule has 3 rings (SSSR count). The van der Waals surface area contributed by atoms with Crippen LogP contribution in [0.25, 0.3) is 16.6 Å². The molecule has 0 bridgehead atoms. The molecular weight excluding hydrogens is 305 g/mol. The number of hydrogen-bond donors (Lipinski definition) is 0. The number of halogens is 1. The molecule has 2 aromatic carbocycles. The van der Waals surface area contributed by atoms with Crippen molar-refractivity contribution in [2.24, 2.45) is 0 Å². The Hall–Kier alpha value is -2.67. The summed E-state index contributed by atoms with van der Waals surface area (Å²) in [6, 6.07) is 10.2. The highest BCUT2D eigenvalue weighted by atomic mass is 32.1. The summed E-state index contributed by atoms with van der Waals surface area (Å²) in [4.78, 5) is 14.7. The summed E-state index contributed by atoms with van der Waals surface area (Å²) in [6.45, 7) is 1.78. The van der Waals surface area contributed by atoms with Crippen LogP contribution in [-0.2, 0) is 0 Å². The second-order valence-corrected chi connectivity index (χ2v) is 5.12. The molecule has 0 aliphatic heterocycles. The van der Waals surface area contributed by atoms with E-state index in [2.05, 4.69) is 4.98 Å². The fraction of sp³-hybridized carbons (Fsp3) is 0.0667. The molecule has 22 heavy (non-hydrogen) atoms. The van der Waals surface area contributed by atoms with E-state index in [4.69, 9.17) is 12.2 Å². The first-order chi connectivity index (χ1) is 10.5. The average molecular weight is 315 g/mol. The lowest BCUT2D eigenvalue weighted by Gasteiger charge is -2.12. The van der Waals surface area contributed by atoms with Gasteiger partial charge in [-0.25, -0.2) is 9.37 Å². The van der Waals surface area contributed by atoms with Crippen molar-refractivity contribution in [2.45, 2.75) is 6.92 Å². The van der Waals surface area contributed by atoms with Crippen molar-refractivity contribution in [3.8, 4) is 5.69 Å². The van der Waals surface area contributed by atoms with E-state index in [0.29, 0.717) is 27.1 Å². The highest BCUT2D eigenvalue weighted by Crippen LogP contribution is 2.22. The number of aryl methyl sites for hydroxylation is 1. The normalized spacial score (nSPS) is 10.8. The highest BCUT2D eigenvalue weighted by molar-refractivity contribution is 7.71. The zero-order valence-electron chi connectivity index (χ0n) is 11.5. The van der Waals surface area contributed by atoms with Gasteiger partial charge in [-0.3, -0.25) is 14.7 Å². The molecule has 0 N–H and O–H groups in total. The van der Waals surface area contributed by atoms with Crippen molar-refractivity contribution in [2.75, 3.05) is 0 Å². The number of nitro groups is 1. The third-order valence-electron chi connectivity index (χ3n) is 3.32. The summed E-state index contributed by atoms with van der Waals surface area (Å²) in [5.41, 5.74) is 1.25. The van der Waals surface area contributed by atoms with Gasteiger partial charge in [0.15, 0.2) is 0 Å². The van der Waals surface area contributed by atoms with Gasteiger partial charge in [0.25, 0.3) is 5.69 Å². The minimum atomic E-state index is -0.468. The number of aromatic nitrogens is 2. The number of rotatable bonds is 2. The quantitative estimate of drug-likeness (QED) is 0.405. The monoisotopic (exact) mass is 315 g/mol. The van der Waals surface area contributed by atoms with Crippen molar-refractivity contribution in [1.29, 1.82) is 0 Å². The number of nitrogens with zero attached hydrogens (tertiary/aromatic N) is 3. The molecule has 0 radical (unpaired) electrons. The first-order valence-electron chi connectivity index (χ1n) is 6.41. The zero-order chi connectivity index (χ0) is 15.9. The number of fused-ring (bicyclic) bond motifs is 1. The van der Waals surface area contributed by atoms with Crippen molar-refractivity contribution in [3.05, 3.63) is 68.9 Å². The van der Waals surface area contributed by atoms with Crippen molar-refractivity contribution in [1.82, 2.24) is 9.55 Å². The minimum absolute atomic E-state index is 0.00675. The van der Waals surface area contributed by atoms with Crippen molar-refractivity contribution < 1.29 is 9.31 Å². The Labute approximate surface area is 129 Å². The van der Waals surface area contributed by atoms with Crippen LogP contribution in [0.4, 0.5) is 10.1 Å². The van der Waals surface area contributed by atoms with Gasteiger partial charge in [0.1, 0.15) is 16.3 Å². The first-order valence-corrected chi connectivity index (χ1v) is 6.82. The lowest BCUT2D eigenvalue weighted by atomic mass is 10.2. The van der Waals surface area contributed by atoms with Crippen LogP contribution >= 0.6 is 12.2 Å². The Balaban J connectivity index is 2.26. The summed E-state index contributed by atoms with van der Waals surface area (Å²) in [7, 11) is 0. The van der Waals surface area contributed by atoms with Gasteiger partial charge >= 0.3 is 0 Å². The molecule has 5 nitrogen and oxygen atoms in total. The van der Waals surface area contributed by atoms with Gasteiger partial charge in [0, 0.05) is 23.2 Å². The Morgan fingerprint density at radius 2 is 1.91 bits per heavy atom. The van der Waals surface area contributed by atoms with E-state index >= 15 is 0 Å². The van der Waals surface area contributed by atoms with E-state index in [1.54, 1.807) is 29.7 Å². The Bertz CT molecular complexity index is 951. The summed E-state index contributed by atoms with van der Waals surface area (Å²) >= 11 is 5.43. The van der Waals surface area contributed by atoms with Crippen LogP contribution in [0.5, 0.6) is 0 Å². The molecule has 0 fully saturated rings. The van der Waals surface area contributed by atoms with Gasteiger partial charge in [-0.2, -0.15) is 0 Å². The molecule has 0 spiro atoms. The van der Waals surface area contributed by atoms with Gasteiger partial charge in [-0.05, 0) is 37.3 Å². The van der Waals surface area contributed by atoms with Gasteiger partial charge in [-0.1, -0.05) is 12.2 Å². The smallest absolute Gasteiger partial charge is 0.269 e. The molecule has 0 atom stereocenters. The fourth-order valence-electron chi connectivity index (χ4n) is 2.30. The molecule has 110 valence electrons. The standard InChI is InChI=1S/C15H10FN3O2S/c1-9-17-14-7-2-10(16)8-13(14)15(22)18(9)11-3-5-12(6-4-11)19(20)21/h2-8H,1H3. The molecule has 0 saturated carbocycles. The fourth-order valence-corrected chi connectivity index (χ4v) is 2.70. The van der Waals surface area contributed by atoms with E-state index in [0.717, 1.165) is 0 Å².